The van der Waals surface area contributed by atoms with Crippen molar-refractivity contribution in [2.45, 2.75) is 0 Å². The highest BCUT2D eigenvalue weighted by Gasteiger charge is 2.15. The van der Waals surface area contributed by atoms with Crippen LogP contribution in [-0.2, 0) is 0 Å². The lowest BCUT2D eigenvalue weighted by atomic mass is 10.0. The number of aromatic amines is 1. The van der Waals surface area contributed by atoms with Gasteiger partial charge in [0.2, 0.25) is 5.95 Å². The molecule has 4 aromatic rings. The molecule has 20 heavy (non-hydrogen) atoms. The van der Waals surface area contributed by atoms with E-state index >= 15 is 0 Å². The molecule has 0 amide bonds. The molecule has 5 N–H and O–H groups in total. The van der Waals surface area contributed by atoms with Gasteiger partial charge in [0.25, 0.3) is 0 Å². The summed E-state index contributed by atoms with van der Waals surface area (Å²) in [6.07, 6.45) is 3.49. The molecule has 0 unspecified atom stereocenters. The predicted molar refractivity (Wildman–Crippen MR) is 77.9 cm³/mol. The van der Waals surface area contributed by atoms with Crippen LogP contribution < -0.4 is 11.5 Å². The first-order valence-corrected chi connectivity index (χ1v) is 6.10. The van der Waals surface area contributed by atoms with Gasteiger partial charge in [-0.25, -0.2) is 4.98 Å². The molecule has 0 saturated heterocycles. The molecule has 0 saturated carbocycles. The van der Waals surface area contributed by atoms with E-state index in [1.54, 1.807) is 6.26 Å². The Bertz CT molecular complexity index is 924. The van der Waals surface area contributed by atoms with E-state index < -0.39 is 0 Å². The second kappa shape index (κ2) is 3.74. The first-order chi connectivity index (χ1) is 9.74. The number of rotatable bonds is 1. The Morgan fingerprint density at radius 1 is 1.15 bits per heavy atom. The summed E-state index contributed by atoms with van der Waals surface area (Å²) < 4.78 is 5.48. The van der Waals surface area contributed by atoms with Crippen molar-refractivity contribution in [2.24, 2.45) is 0 Å². The standard InChI is InChI=1S/C14H11N5O/c15-13-11-7-3-4-17-12(7)8(10-2-1-5-20-10)6-9(11)18-14(16)19-13/h1-6,17H,(H4,15,16,18,19). The van der Waals surface area contributed by atoms with Gasteiger partial charge in [0, 0.05) is 17.1 Å². The fraction of sp³-hybridized carbons (Fsp3) is 0. The summed E-state index contributed by atoms with van der Waals surface area (Å²) >= 11 is 0. The van der Waals surface area contributed by atoms with Gasteiger partial charge in [0.05, 0.1) is 22.7 Å². The monoisotopic (exact) mass is 265 g/mol. The Morgan fingerprint density at radius 3 is 2.85 bits per heavy atom. The zero-order valence-electron chi connectivity index (χ0n) is 10.4. The number of anilines is 2. The van der Waals surface area contributed by atoms with Crippen LogP contribution in [0.25, 0.3) is 33.1 Å². The number of nitrogens with zero attached hydrogens (tertiary/aromatic N) is 2. The molecule has 0 radical (unpaired) electrons. The number of hydrogen-bond donors (Lipinski definition) is 3. The number of fused-ring (bicyclic) bond motifs is 3. The summed E-state index contributed by atoms with van der Waals surface area (Å²) in [5.74, 6) is 1.30. The average Bonchev–Trinajstić information content (AvgIpc) is 3.08. The molecular weight excluding hydrogens is 254 g/mol. The number of nitrogens with one attached hydrogen (secondary N) is 1. The number of nitrogen functional groups attached to an aromatic ring is 2. The maximum atomic E-state index is 5.98. The van der Waals surface area contributed by atoms with Gasteiger partial charge >= 0.3 is 0 Å². The number of benzene rings is 1. The van der Waals surface area contributed by atoms with E-state index in [-0.39, 0.29) is 5.95 Å². The maximum absolute atomic E-state index is 5.98. The van der Waals surface area contributed by atoms with Gasteiger partial charge in [-0.2, -0.15) is 4.98 Å². The highest BCUT2D eigenvalue weighted by atomic mass is 16.3. The lowest BCUT2D eigenvalue weighted by Crippen LogP contribution is -2.01. The summed E-state index contributed by atoms with van der Waals surface area (Å²) in [6, 6.07) is 7.59. The van der Waals surface area contributed by atoms with Gasteiger partial charge in [-0.05, 0) is 24.3 Å². The van der Waals surface area contributed by atoms with E-state index in [1.807, 2.05) is 30.5 Å². The average molecular weight is 265 g/mol. The molecule has 0 spiro atoms. The fourth-order valence-corrected chi connectivity index (χ4v) is 2.53. The van der Waals surface area contributed by atoms with Crippen molar-refractivity contribution in [3.63, 3.8) is 0 Å². The van der Waals surface area contributed by atoms with Crippen LogP contribution in [0.2, 0.25) is 0 Å². The predicted octanol–water partition coefficient (Wildman–Crippen LogP) is 2.54. The van der Waals surface area contributed by atoms with Crippen LogP contribution >= 0.6 is 0 Å². The van der Waals surface area contributed by atoms with Crippen molar-refractivity contribution >= 4 is 33.6 Å². The molecule has 6 nitrogen and oxygen atoms in total. The van der Waals surface area contributed by atoms with E-state index in [0.717, 1.165) is 27.6 Å². The quantitative estimate of drug-likeness (QED) is 0.490. The van der Waals surface area contributed by atoms with Crippen LogP contribution in [0.5, 0.6) is 0 Å². The number of H-pyrrole nitrogens is 1. The van der Waals surface area contributed by atoms with Crippen molar-refractivity contribution in [3.05, 3.63) is 36.7 Å². The van der Waals surface area contributed by atoms with Crippen LogP contribution in [0.15, 0.2) is 41.1 Å². The Labute approximate surface area is 113 Å². The van der Waals surface area contributed by atoms with Gasteiger partial charge in [0.1, 0.15) is 11.6 Å². The van der Waals surface area contributed by atoms with Crippen LogP contribution in [0, 0.1) is 0 Å². The fourth-order valence-electron chi connectivity index (χ4n) is 2.53. The first kappa shape index (κ1) is 10.9. The number of aromatic nitrogens is 3. The smallest absolute Gasteiger partial charge is 0.222 e. The molecule has 0 fully saturated rings. The van der Waals surface area contributed by atoms with Gasteiger partial charge in [-0.15, -0.1) is 0 Å². The second-order valence-corrected chi connectivity index (χ2v) is 4.53. The third kappa shape index (κ3) is 1.38. The summed E-state index contributed by atoms with van der Waals surface area (Å²) in [5, 5.41) is 1.75. The molecule has 3 heterocycles. The normalized spacial score (nSPS) is 11.4. The molecule has 0 atom stereocenters. The van der Waals surface area contributed by atoms with Gasteiger partial charge < -0.3 is 20.9 Å². The molecule has 3 aromatic heterocycles. The third-order valence-electron chi connectivity index (χ3n) is 3.34. The molecule has 0 aliphatic heterocycles. The minimum atomic E-state index is 0.162. The Balaban J connectivity index is 2.22. The van der Waals surface area contributed by atoms with Crippen molar-refractivity contribution < 1.29 is 4.42 Å². The van der Waals surface area contributed by atoms with Crippen molar-refractivity contribution in [3.8, 4) is 11.3 Å². The van der Waals surface area contributed by atoms with Crippen molar-refractivity contribution in [1.82, 2.24) is 15.0 Å². The van der Waals surface area contributed by atoms with Gasteiger partial charge in [-0.1, -0.05) is 0 Å². The third-order valence-corrected chi connectivity index (χ3v) is 3.34. The van der Waals surface area contributed by atoms with E-state index in [0.29, 0.717) is 11.3 Å². The summed E-state index contributed by atoms with van der Waals surface area (Å²) in [6.45, 7) is 0. The van der Waals surface area contributed by atoms with Crippen LogP contribution in [0.4, 0.5) is 11.8 Å². The molecule has 6 heteroatoms. The number of hydrogen-bond acceptors (Lipinski definition) is 5. The zero-order chi connectivity index (χ0) is 13.7. The molecule has 0 aliphatic carbocycles. The van der Waals surface area contributed by atoms with Crippen LogP contribution in [0.1, 0.15) is 0 Å². The molecule has 4 rings (SSSR count). The van der Waals surface area contributed by atoms with Gasteiger partial charge in [0.15, 0.2) is 0 Å². The van der Waals surface area contributed by atoms with Crippen LogP contribution in [-0.4, -0.2) is 15.0 Å². The van der Waals surface area contributed by atoms with Gasteiger partial charge in [-0.3, -0.25) is 0 Å². The lowest BCUT2D eigenvalue weighted by molar-refractivity contribution is 0.583. The molecule has 1 aromatic carbocycles. The lowest BCUT2D eigenvalue weighted by Gasteiger charge is -2.07. The van der Waals surface area contributed by atoms with E-state index in [1.165, 1.54) is 0 Å². The topological polar surface area (TPSA) is 107 Å². The molecule has 0 aliphatic rings. The van der Waals surface area contributed by atoms with E-state index in [9.17, 15) is 0 Å². The Hall–Kier alpha value is -3.02. The zero-order valence-corrected chi connectivity index (χ0v) is 10.4. The minimum absolute atomic E-state index is 0.162. The maximum Gasteiger partial charge on any atom is 0.222 e. The number of nitrogens with two attached hydrogens (primary N) is 2. The number of furan rings is 1. The largest absolute Gasteiger partial charge is 0.464 e. The molecular formula is C14H11N5O. The van der Waals surface area contributed by atoms with E-state index in [2.05, 4.69) is 15.0 Å². The SMILES string of the molecule is Nc1nc(N)c2c(cc(-c3ccco3)c3[nH]ccc32)n1. The van der Waals surface area contributed by atoms with Crippen LogP contribution in [0.3, 0.4) is 0 Å². The Kier molecular flexibility index (Phi) is 2.03. The Morgan fingerprint density at radius 2 is 2.05 bits per heavy atom. The molecule has 98 valence electrons. The second-order valence-electron chi connectivity index (χ2n) is 4.53. The first-order valence-electron chi connectivity index (χ1n) is 6.10. The highest BCUT2D eigenvalue weighted by Crippen LogP contribution is 2.35. The van der Waals surface area contributed by atoms with E-state index in [4.69, 9.17) is 15.9 Å². The minimum Gasteiger partial charge on any atom is -0.464 e. The molecule has 0 bridgehead atoms. The van der Waals surface area contributed by atoms with Crippen molar-refractivity contribution in [1.29, 1.82) is 0 Å². The summed E-state index contributed by atoms with van der Waals surface area (Å²) in [4.78, 5) is 11.5. The summed E-state index contributed by atoms with van der Waals surface area (Å²) in [5.41, 5.74) is 14.2. The summed E-state index contributed by atoms with van der Waals surface area (Å²) in [7, 11) is 0. The highest BCUT2D eigenvalue weighted by molar-refractivity contribution is 6.14. The van der Waals surface area contributed by atoms with Crippen molar-refractivity contribution in [2.75, 3.05) is 11.5 Å².